The van der Waals surface area contributed by atoms with Crippen LogP contribution >= 0.6 is 0 Å². The van der Waals surface area contributed by atoms with Crippen molar-refractivity contribution in [2.24, 2.45) is 7.05 Å². The Hall–Kier alpha value is -1.79. The lowest BCUT2D eigenvalue weighted by Crippen LogP contribution is -2.26. The summed E-state index contributed by atoms with van der Waals surface area (Å²) < 4.78 is 2.08. The van der Waals surface area contributed by atoms with Gasteiger partial charge in [-0.15, -0.1) is 0 Å². The van der Waals surface area contributed by atoms with Crippen LogP contribution in [-0.4, -0.2) is 50.0 Å². The second kappa shape index (κ2) is 6.54. The Kier molecular flexibility index (Phi) is 4.49. The summed E-state index contributed by atoms with van der Waals surface area (Å²) >= 11 is 0. The van der Waals surface area contributed by atoms with Gasteiger partial charge in [0.1, 0.15) is 11.6 Å². The van der Waals surface area contributed by atoms with E-state index in [9.17, 15) is 0 Å². The third-order valence-corrected chi connectivity index (χ3v) is 4.14. The van der Waals surface area contributed by atoms with E-state index in [0.717, 1.165) is 43.4 Å². The van der Waals surface area contributed by atoms with Crippen LogP contribution in [0.2, 0.25) is 0 Å². The highest BCUT2D eigenvalue weighted by Crippen LogP contribution is 2.30. The zero-order valence-corrected chi connectivity index (χ0v) is 13.6. The summed E-state index contributed by atoms with van der Waals surface area (Å²) in [5.74, 6) is 2.04. The van der Waals surface area contributed by atoms with Gasteiger partial charge in [-0.2, -0.15) is 0 Å². The summed E-state index contributed by atoms with van der Waals surface area (Å²) in [7, 11) is 6.16. The Bertz CT molecular complexity index is 621. The molecule has 118 valence electrons. The van der Waals surface area contributed by atoms with Crippen LogP contribution in [0, 0.1) is 0 Å². The van der Waals surface area contributed by atoms with Crippen LogP contribution in [0.4, 0.5) is 0 Å². The van der Waals surface area contributed by atoms with Gasteiger partial charge in [-0.25, -0.2) is 15.0 Å². The number of nitrogens with zero attached hydrogens (tertiary/aromatic N) is 6. The quantitative estimate of drug-likeness (QED) is 0.839. The fourth-order valence-electron chi connectivity index (χ4n) is 3.02. The molecule has 0 N–H and O–H groups in total. The van der Waals surface area contributed by atoms with Crippen molar-refractivity contribution in [3.8, 4) is 0 Å². The van der Waals surface area contributed by atoms with E-state index >= 15 is 0 Å². The fourth-order valence-corrected chi connectivity index (χ4v) is 3.02. The molecule has 1 unspecified atom stereocenters. The molecule has 3 rings (SSSR count). The van der Waals surface area contributed by atoms with Crippen LogP contribution in [0.1, 0.15) is 36.2 Å². The van der Waals surface area contributed by atoms with Crippen molar-refractivity contribution in [1.29, 1.82) is 0 Å². The molecule has 1 saturated heterocycles. The average molecular weight is 300 g/mol. The van der Waals surface area contributed by atoms with E-state index in [1.165, 1.54) is 6.42 Å². The summed E-state index contributed by atoms with van der Waals surface area (Å²) in [4.78, 5) is 18.3. The number of aryl methyl sites for hydroxylation is 1. The molecule has 6 heteroatoms. The third kappa shape index (κ3) is 3.34. The lowest BCUT2D eigenvalue weighted by molar-refractivity contribution is 0.231. The molecular weight excluding hydrogens is 276 g/mol. The summed E-state index contributed by atoms with van der Waals surface area (Å²) in [5, 5.41) is 0. The Balaban J connectivity index is 1.76. The predicted octanol–water partition coefficient (Wildman–Crippen LogP) is 1.61. The van der Waals surface area contributed by atoms with Crippen LogP contribution < -0.4 is 0 Å². The maximum Gasteiger partial charge on any atom is 0.145 e. The van der Waals surface area contributed by atoms with Crippen molar-refractivity contribution >= 4 is 0 Å². The van der Waals surface area contributed by atoms with E-state index in [0.29, 0.717) is 6.04 Å². The second-order valence-electron chi connectivity index (χ2n) is 6.23. The van der Waals surface area contributed by atoms with Crippen molar-refractivity contribution in [1.82, 2.24) is 29.3 Å². The van der Waals surface area contributed by atoms with Crippen LogP contribution in [0.15, 0.2) is 24.7 Å². The van der Waals surface area contributed by atoms with E-state index in [2.05, 4.69) is 38.4 Å². The normalized spacial score (nSPS) is 19.2. The lowest BCUT2D eigenvalue weighted by atomic mass is 10.2. The molecule has 1 aliphatic rings. The highest BCUT2D eigenvalue weighted by atomic mass is 15.2. The summed E-state index contributed by atoms with van der Waals surface area (Å²) in [6.07, 6.45) is 8.05. The van der Waals surface area contributed by atoms with Gasteiger partial charge in [-0.3, -0.25) is 4.90 Å². The maximum atomic E-state index is 4.78. The molecule has 0 aromatic carbocycles. The van der Waals surface area contributed by atoms with Gasteiger partial charge in [0.05, 0.1) is 18.3 Å². The number of imidazole rings is 1. The average Bonchev–Trinajstić information content (AvgIpc) is 3.09. The van der Waals surface area contributed by atoms with Gasteiger partial charge < -0.3 is 9.47 Å². The van der Waals surface area contributed by atoms with Crippen molar-refractivity contribution in [3.05, 3.63) is 42.0 Å². The van der Waals surface area contributed by atoms with Gasteiger partial charge in [0.15, 0.2) is 0 Å². The largest absolute Gasteiger partial charge is 0.337 e. The van der Waals surface area contributed by atoms with E-state index < -0.39 is 0 Å². The molecule has 6 nitrogen and oxygen atoms in total. The predicted molar refractivity (Wildman–Crippen MR) is 85.0 cm³/mol. The lowest BCUT2D eigenvalue weighted by Gasteiger charge is -2.23. The molecule has 22 heavy (non-hydrogen) atoms. The van der Waals surface area contributed by atoms with E-state index in [1.807, 2.05) is 31.7 Å². The molecule has 1 atom stereocenters. The molecule has 0 aliphatic carbocycles. The molecule has 0 amide bonds. The number of likely N-dealkylation sites (tertiary alicyclic amines) is 1. The maximum absolute atomic E-state index is 4.78. The Morgan fingerprint density at radius 1 is 1.27 bits per heavy atom. The Labute approximate surface area is 131 Å². The molecular formula is C16H24N6. The smallest absolute Gasteiger partial charge is 0.145 e. The van der Waals surface area contributed by atoms with Gasteiger partial charge in [0.2, 0.25) is 0 Å². The second-order valence-corrected chi connectivity index (χ2v) is 6.23. The molecule has 2 aromatic rings. The molecule has 0 bridgehead atoms. The van der Waals surface area contributed by atoms with Gasteiger partial charge in [-0.05, 0) is 39.5 Å². The number of rotatable bonds is 5. The molecule has 0 radical (unpaired) electrons. The molecule has 0 spiro atoms. The highest BCUT2D eigenvalue weighted by molar-refractivity contribution is 5.07. The van der Waals surface area contributed by atoms with Crippen molar-refractivity contribution < 1.29 is 0 Å². The van der Waals surface area contributed by atoms with E-state index in [1.54, 1.807) is 0 Å². The number of hydrogen-bond acceptors (Lipinski definition) is 5. The van der Waals surface area contributed by atoms with Crippen molar-refractivity contribution in [2.45, 2.75) is 32.0 Å². The Morgan fingerprint density at radius 2 is 2.14 bits per heavy atom. The number of hydrogen-bond donors (Lipinski definition) is 0. The zero-order chi connectivity index (χ0) is 15.5. The fraction of sp³-hybridized carbons (Fsp3) is 0.562. The van der Waals surface area contributed by atoms with Gasteiger partial charge >= 0.3 is 0 Å². The number of aromatic nitrogens is 4. The third-order valence-electron chi connectivity index (χ3n) is 4.14. The first-order valence-electron chi connectivity index (χ1n) is 7.80. The monoisotopic (exact) mass is 300 g/mol. The minimum Gasteiger partial charge on any atom is -0.337 e. The van der Waals surface area contributed by atoms with Crippen LogP contribution in [0.5, 0.6) is 0 Å². The van der Waals surface area contributed by atoms with Gasteiger partial charge in [0, 0.05) is 32.2 Å². The summed E-state index contributed by atoms with van der Waals surface area (Å²) in [6, 6.07) is 2.31. The standard InChI is InChI=1S/C16H24N6/c1-20(2)11-13-6-7-18-16(19-13)14-5-4-9-22(14)12-15-17-8-10-21(15)3/h6-8,10,14H,4-5,9,11-12H2,1-3H3. The first-order valence-corrected chi connectivity index (χ1v) is 7.80. The van der Waals surface area contributed by atoms with E-state index in [4.69, 9.17) is 4.98 Å². The van der Waals surface area contributed by atoms with Crippen molar-refractivity contribution in [3.63, 3.8) is 0 Å². The van der Waals surface area contributed by atoms with Gasteiger partial charge in [0.25, 0.3) is 0 Å². The van der Waals surface area contributed by atoms with Crippen LogP contribution in [0.3, 0.4) is 0 Å². The SMILES string of the molecule is CN(C)Cc1ccnc(C2CCCN2Cc2nccn2C)n1. The topological polar surface area (TPSA) is 50.1 Å². The minimum absolute atomic E-state index is 0.304. The minimum atomic E-state index is 0.304. The van der Waals surface area contributed by atoms with Crippen molar-refractivity contribution in [2.75, 3.05) is 20.6 Å². The first kappa shape index (κ1) is 15.1. The summed E-state index contributed by atoms with van der Waals surface area (Å²) in [5.41, 5.74) is 1.08. The van der Waals surface area contributed by atoms with Gasteiger partial charge in [-0.1, -0.05) is 0 Å². The molecule has 2 aromatic heterocycles. The first-order chi connectivity index (χ1) is 10.6. The van der Waals surface area contributed by atoms with E-state index in [-0.39, 0.29) is 0 Å². The zero-order valence-electron chi connectivity index (χ0n) is 13.6. The molecule has 1 fully saturated rings. The highest BCUT2D eigenvalue weighted by Gasteiger charge is 2.29. The molecule has 0 saturated carbocycles. The molecule has 3 heterocycles. The van der Waals surface area contributed by atoms with Crippen LogP contribution in [-0.2, 0) is 20.1 Å². The van der Waals surface area contributed by atoms with Crippen LogP contribution in [0.25, 0.3) is 0 Å². The molecule has 1 aliphatic heterocycles. The summed E-state index contributed by atoms with van der Waals surface area (Å²) in [6.45, 7) is 2.79. The Morgan fingerprint density at radius 3 is 2.86 bits per heavy atom.